The van der Waals surface area contributed by atoms with Gasteiger partial charge in [-0.3, -0.25) is 19.7 Å². The summed E-state index contributed by atoms with van der Waals surface area (Å²) in [5.41, 5.74) is -0.142. The standard InChI is InChI=1S/C15H14N2O7/c1-7(15(21)22)16-12(11(8(2)18)13(19)14(16)20)9-3-5-10(6-4-9)17(23)24/h3-7,12,19H,1-2H3,(H,21,22)/t7-,12+/m0/s1. The largest absolute Gasteiger partial charge is 0.503 e. The Labute approximate surface area is 136 Å². The molecular formula is C15H14N2O7. The maximum Gasteiger partial charge on any atom is 0.326 e. The zero-order valence-corrected chi connectivity index (χ0v) is 12.8. The number of Topliss-reactive ketones (excluding diaryl/α,β-unsaturated/α-hetero) is 1. The van der Waals surface area contributed by atoms with E-state index in [0.29, 0.717) is 0 Å². The predicted octanol–water partition coefficient (Wildman–Crippen LogP) is 1.35. The molecular weight excluding hydrogens is 320 g/mol. The minimum Gasteiger partial charge on any atom is -0.503 e. The number of non-ortho nitro benzene ring substituents is 1. The van der Waals surface area contributed by atoms with Crippen molar-refractivity contribution in [2.45, 2.75) is 25.9 Å². The van der Waals surface area contributed by atoms with E-state index in [1.54, 1.807) is 0 Å². The smallest absolute Gasteiger partial charge is 0.326 e. The van der Waals surface area contributed by atoms with Gasteiger partial charge in [-0.05, 0) is 31.5 Å². The minimum atomic E-state index is -1.31. The van der Waals surface area contributed by atoms with Crippen molar-refractivity contribution in [3.63, 3.8) is 0 Å². The van der Waals surface area contributed by atoms with E-state index in [4.69, 9.17) is 0 Å². The van der Waals surface area contributed by atoms with Gasteiger partial charge in [-0.15, -0.1) is 0 Å². The second kappa shape index (κ2) is 6.11. The van der Waals surface area contributed by atoms with Crippen LogP contribution >= 0.6 is 0 Å². The fourth-order valence-corrected chi connectivity index (χ4v) is 2.61. The van der Waals surface area contributed by atoms with Crippen LogP contribution in [0.3, 0.4) is 0 Å². The van der Waals surface area contributed by atoms with Gasteiger partial charge in [-0.1, -0.05) is 0 Å². The molecule has 2 atom stereocenters. The average Bonchev–Trinajstić information content (AvgIpc) is 2.78. The van der Waals surface area contributed by atoms with Crippen LogP contribution < -0.4 is 0 Å². The van der Waals surface area contributed by atoms with Crippen molar-refractivity contribution in [1.82, 2.24) is 4.90 Å². The van der Waals surface area contributed by atoms with Crippen LogP contribution in [-0.4, -0.2) is 43.7 Å². The Kier molecular flexibility index (Phi) is 4.36. The van der Waals surface area contributed by atoms with E-state index in [2.05, 4.69) is 0 Å². The van der Waals surface area contributed by atoms with E-state index in [-0.39, 0.29) is 16.8 Å². The Morgan fingerprint density at radius 1 is 1.29 bits per heavy atom. The van der Waals surface area contributed by atoms with Gasteiger partial charge in [0, 0.05) is 12.1 Å². The Morgan fingerprint density at radius 3 is 2.25 bits per heavy atom. The number of ketones is 1. The number of carboxylic acid groups (broad SMARTS) is 1. The maximum atomic E-state index is 12.2. The highest BCUT2D eigenvalue weighted by atomic mass is 16.6. The molecule has 1 aliphatic rings. The molecule has 0 saturated heterocycles. The maximum absolute atomic E-state index is 12.2. The number of hydrogen-bond donors (Lipinski definition) is 2. The number of carbonyl (C=O) groups excluding carboxylic acids is 2. The van der Waals surface area contributed by atoms with E-state index in [9.17, 15) is 34.7 Å². The zero-order chi connectivity index (χ0) is 18.2. The van der Waals surface area contributed by atoms with Gasteiger partial charge in [0.15, 0.2) is 11.5 Å². The van der Waals surface area contributed by atoms with Gasteiger partial charge in [0.2, 0.25) is 0 Å². The highest BCUT2D eigenvalue weighted by Crippen LogP contribution is 2.39. The minimum absolute atomic E-state index is 0.196. The average molecular weight is 334 g/mol. The number of amides is 1. The summed E-state index contributed by atoms with van der Waals surface area (Å²) in [4.78, 5) is 46.3. The summed E-state index contributed by atoms with van der Waals surface area (Å²) in [6.45, 7) is 2.39. The third-order valence-corrected chi connectivity index (χ3v) is 3.82. The monoisotopic (exact) mass is 334 g/mol. The fraction of sp³-hybridized carbons (Fsp3) is 0.267. The predicted molar refractivity (Wildman–Crippen MR) is 80.1 cm³/mol. The number of rotatable bonds is 5. The summed E-state index contributed by atoms with van der Waals surface area (Å²) >= 11 is 0. The van der Waals surface area contributed by atoms with Crippen molar-refractivity contribution in [2.24, 2.45) is 0 Å². The molecule has 0 radical (unpaired) electrons. The molecule has 1 amide bonds. The quantitative estimate of drug-likeness (QED) is 0.612. The van der Waals surface area contributed by atoms with Crippen LogP contribution in [0.1, 0.15) is 25.5 Å². The Hall–Kier alpha value is -3.23. The number of nitro benzene ring substituents is 1. The van der Waals surface area contributed by atoms with Crippen LogP contribution in [0, 0.1) is 10.1 Å². The van der Waals surface area contributed by atoms with Crippen molar-refractivity contribution in [3.05, 3.63) is 51.3 Å². The molecule has 0 spiro atoms. The second-order valence-corrected chi connectivity index (χ2v) is 5.30. The summed E-state index contributed by atoms with van der Waals surface area (Å²) in [6.07, 6.45) is 0. The topological polar surface area (TPSA) is 138 Å². The first-order valence-corrected chi connectivity index (χ1v) is 6.90. The Bertz CT molecular complexity index is 767. The van der Waals surface area contributed by atoms with Gasteiger partial charge in [0.1, 0.15) is 6.04 Å². The lowest BCUT2D eigenvalue weighted by Crippen LogP contribution is -2.43. The van der Waals surface area contributed by atoms with Crippen LogP contribution in [-0.2, 0) is 14.4 Å². The molecule has 126 valence electrons. The van der Waals surface area contributed by atoms with Gasteiger partial charge in [0.25, 0.3) is 11.6 Å². The van der Waals surface area contributed by atoms with Gasteiger partial charge >= 0.3 is 5.97 Å². The van der Waals surface area contributed by atoms with E-state index in [1.807, 2.05) is 0 Å². The number of carboxylic acids is 1. The molecule has 1 aromatic carbocycles. The highest BCUT2D eigenvalue weighted by Gasteiger charge is 2.46. The van der Waals surface area contributed by atoms with Crippen molar-refractivity contribution in [2.75, 3.05) is 0 Å². The lowest BCUT2D eigenvalue weighted by Gasteiger charge is -2.29. The first-order valence-electron chi connectivity index (χ1n) is 6.90. The summed E-state index contributed by atoms with van der Waals surface area (Å²) < 4.78 is 0. The van der Waals surface area contributed by atoms with Crippen LogP contribution in [0.25, 0.3) is 0 Å². The third-order valence-electron chi connectivity index (χ3n) is 3.82. The number of benzene rings is 1. The van der Waals surface area contributed by atoms with Crippen molar-refractivity contribution in [3.8, 4) is 0 Å². The fourth-order valence-electron chi connectivity index (χ4n) is 2.61. The highest BCUT2D eigenvalue weighted by molar-refractivity contribution is 6.09. The van der Waals surface area contributed by atoms with Crippen LogP contribution in [0.15, 0.2) is 35.6 Å². The summed E-state index contributed by atoms with van der Waals surface area (Å²) in [7, 11) is 0. The number of aliphatic hydroxyl groups excluding tert-OH is 1. The molecule has 0 unspecified atom stereocenters. The van der Waals surface area contributed by atoms with Crippen LogP contribution in [0.2, 0.25) is 0 Å². The molecule has 2 rings (SSSR count). The van der Waals surface area contributed by atoms with Gasteiger partial charge < -0.3 is 15.1 Å². The van der Waals surface area contributed by atoms with E-state index < -0.39 is 40.4 Å². The third kappa shape index (κ3) is 2.71. The van der Waals surface area contributed by atoms with Crippen LogP contribution in [0.4, 0.5) is 5.69 Å². The number of nitrogens with zero attached hydrogens (tertiary/aromatic N) is 2. The molecule has 1 aliphatic heterocycles. The van der Waals surface area contributed by atoms with Crippen molar-refractivity contribution in [1.29, 1.82) is 0 Å². The normalized spacial score (nSPS) is 18.7. The lowest BCUT2D eigenvalue weighted by molar-refractivity contribution is -0.384. The second-order valence-electron chi connectivity index (χ2n) is 5.30. The number of nitro groups is 1. The summed E-state index contributed by atoms with van der Waals surface area (Å²) in [6, 6.07) is 2.56. The summed E-state index contributed by atoms with van der Waals surface area (Å²) in [5.74, 6) is -3.69. The van der Waals surface area contributed by atoms with E-state index in [1.165, 1.54) is 31.2 Å². The molecule has 9 heteroatoms. The number of carbonyl (C=O) groups is 3. The molecule has 0 aromatic heterocycles. The van der Waals surface area contributed by atoms with E-state index >= 15 is 0 Å². The molecule has 24 heavy (non-hydrogen) atoms. The molecule has 2 N–H and O–H groups in total. The Morgan fingerprint density at radius 2 is 1.83 bits per heavy atom. The van der Waals surface area contributed by atoms with Crippen molar-refractivity contribution < 1.29 is 29.5 Å². The molecule has 1 aromatic rings. The van der Waals surface area contributed by atoms with Gasteiger partial charge in [-0.25, -0.2) is 4.79 Å². The number of aliphatic carboxylic acids is 1. The first kappa shape index (κ1) is 17.1. The number of hydrogen-bond acceptors (Lipinski definition) is 6. The molecule has 0 aliphatic carbocycles. The Balaban J connectivity index is 2.58. The first-order chi connectivity index (χ1) is 11.2. The van der Waals surface area contributed by atoms with Crippen molar-refractivity contribution >= 4 is 23.3 Å². The van der Waals surface area contributed by atoms with E-state index in [0.717, 1.165) is 11.8 Å². The van der Waals surface area contributed by atoms with Crippen LogP contribution in [0.5, 0.6) is 0 Å². The molecule has 9 nitrogen and oxygen atoms in total. The molecule has 0 saturated carbocycles. The number of aliphatic hydroxyl groups is 1. The van der Waals surface area contributed by atoms with Gasteiger partial charge in [-0.2, -0.15) is 0 Å². The molecule has 0 fully saturated rings. The zero-order valence-electron chi connectivity index (χ0n) is 12.8. The molecule has 0 bridgehead atoms. The summed E-state index contributed by atoms with van der Waals surface area (Å²) in [5, 5.41) is 29.9. The SMILES string of the molecule is CC(=O)C1=C(O)C(=O)N([C@@H](C)C(=O)O)[C@@H]1c1ccc([N+](=O)[O-])cc1. The lowest BCUT2D eigenvalue weighted by atomic mass is 9.96. The van der Waals surface area contributed by atoms with Gasteiger partial charge in [0.05, 0.1) is 16.5 Å². The molecule has 1 heterocycles.